The minimum atomic E-state index is -0.552. The Morgan fingerprint density at radius 2 is 2.24 bits per heavy atom. The third-order valence-corrected chi connectivity index (χ3v) is 2.52. The Kier molecular flexibility index (Phi) is 2.95. The minimum absolute atomic E-state index is 0.0995. The van der Waals surface area contributed by atoms with Gasteiger partial charge in [-0.1, -0.05) is 11.6 Å². The molecule has 1 aliphatic rings. The summed E-state index contributed by atoms with van der Waals surface area (Å²) in [6.07, 6.45) is 0.654. The zero-order valence-corrected chi connectivity index (χ0v) is 9.69. The summed E-state index contributed by atoms with van der Waals surface area (Å²) in [4.78, 5) is 15.8. The maximum atomic E-state index is 11.6. The second-order valence-electron chi connectivity index (χ2n) is 3.73. The number of hydrogen-bond acceptors (Lipinski definition) is 3. The maximum Gasteiger partial charge on any atom is 0.357 e. The number of aryl methyl sites for hydroxylation is 1. The third kappa shape index (κ3) is 1.93. The molecule has 0 spiro atoms. The van der Waals surface area contributed by atoms with Crippen LogP contribution in [-0.2, 0) is 14.6 Å². The largest absolute Gasteiger partial charge is 0.461 e. The van der Waals surface area contributed by atoms with Gasteiger partial charge in [0.15, 0.2) is 12.0 Å². The molecule has 0 fully saturated rings. The summed E-state index contributed by atoms with van der Waals surface area (Å²) in [6.45, 7) is 3.90. The highest BCUT2D eigenvalue weighted by molar-refractivity contribution is 6.56. The summed E-state index contributed by atoms with van der Waals surface area (Å²) in [5, 5.41) is 11.1. The number of carbonyl (C=O) groups excluding carboxylic acids is 1. The average Bonchev–Trinajstić information content (AvgIpc) is 2.67. The van der Waals surface area contributed by atoms with Crippen molar-refractivity contribution in [2.45, 2.75) is 13.8 Å². The van der Waals surface area contributed by atoms with E-state index in [1.54, 1.807) is 13.0 Å². The normalized spacial score (nSPS) is 15.6. The van der Waals surface area contributed by atoms with Crippen molar-refractivity contribution in [3.05, 3.63) is 35.6 Å². The van der Waals surface area contributed by atoms with Crippen molar-refractivity contribution in [3.8, 4) is 0 Å². The van der Waals surface area contributed by atoms with Crippen molar-refractivity contribution < 1.29 is 14.6 Å². The number of ether oxygens (including phenoxy) is 1. The number of fused-ring (bicyclic) bond motifs is 1. The molecule has 1 aromatic carbocycles. The summed E-state index contributed by atoms with van der Waals surface area (Å²) in [6, 6.07) is 5.52. The van der Waals surface area contributed by atoms with Crippen LogP contribution < -0.4 is 0 Å². The van der Waals surface area contributed by atoms with E-state index < -0.39 is 5.97 Å². The van der Waals surface area contributed by atoms with Gasteiger partial charge in [-0.2, -0.15) is 0 Å². The first kappa shape index (κ1) is 11.4. The first-order chi connectivity index (χ1) is 8.17. The molecule has 1 radical (unpaired) electrons. The van der Waals surface area contributed by atoms with Crippen LogP contribution in [0.15, 0.2) is 29.5 Å². The van der Waals surface area contributed by atoms with Crippen LogP contribution in [0.2, 0.25) is 0 Å². The molecule has 1 aliphatic heterocycles. The molecule has 0 aliphatic carbocycles. The van der Waals surface area contributed by atoms with Crippen molar-refractivity contribution in [1.82, 2.24) is 0 Å². The number of hydrogen-bond donors (Lipinski definition) is 0. The van der Waals surface area contributed by atoms with Gasteiger partial charge < -0.3 is 4.74 Å². The van der Waals surface area contributed by atoms with Gasteiger partial charge in [0.2, 0.25) is 0 Å². The average molecular weight is 230 g/mol. The van der Waals surface area contributed by atoms with Gasteiger partial charge in [0, 0.05) is 5.56 Å². The molecule has 2 rings (SSSR count). The van der Waals surface area contributed by atoms with Gasteiger partial charge in [-0.15, -0.1) is 0 Å². The van der Waals surface area contributed by atoms with E-state index in [9.17, 15) is 9.90 Å². The lowest BCUT2D eigenvalue weighted by atomic mass is 10.0. The van der Waals surface area contributed by atoms with Crippen molar-refractivity contribution in [3.63, 3.8) is 0 Å². The van der Waals surface area contributed by atoms with E-state index in [0.29, 0.717) is 23.1 Å². The third-order valence-electron chi connectivity index (χ3n) is 2.52. The number of carbonyl (C=O) groups is 1. The smallest absolute Gasteiger partial charge is 0.357 e. The molecule has 0 atom stereocenters. The summed E-state index contributed by atoms with van der Waals surface area (Å²) in [5.41, 5.74) is 2.76. The number of rotatable bonds is 2. The lowest BCUT2D eigenvalue weighted by Crippen LogP contribution is -2.16. The second-order valence-corrected chi connectivity index (χ2v) is 3.73. The summed E-state index contributed by atoms with van der Waals surface area (Å²) in [5.74, 6) is -0.552. The molecule has 4 nitrogen and oxygen atoms in total. The first-order valence-corrected chi connectivity index (χ1v) is 5.36. The van der Waals surface area contributed by atoms with Crippen molar-refractivity contribution in [2.75, 3.05) is 6.61 Å². The Balaban J connectivity index is 2.45. The number of esters is 1. The van der Waals surface area contributed by atoms with E-state index >= 15 is 0 Å². The van der Waals surface area contributed by atoms with Gasteiger partial charge >= 0.3 is 5.97 Å². The van der Waals surface area contributed by atoms with Crippen molar-refractivity contribution in [1.29, 1.82) is 0 Å². The summed E-state index contributed by atoms with van der Waals surface area (Å²) < 4.78 is 4.87. The second kappa shape index (κ2) is 4.41. The van der Waals surface area contributed by atoms with Crippen LogP contribution in [0.3, 0.4) is 0 Å². The fourth-order valence-electron chi connectivity index (χ4n) is 1.75. The topological polar surface area (TPSA) is 58.6 Å². The highest BCUT2D eigenvalue weighted by Gasteiger charge is 2.27. The van der Waals surface area contributed by atoms with Gasteiger partial charge in [0.1, 0.15) is 0 Å². The first-order valence-electron chi connectivity index (χ1n) is 5.36. The van der Waals surface area contributed by atoms with Crippen LogP contribution in [0.5, 0.6) is 0 Å². The number of benzene rings is 1. The highest BCUT2D eigenvalue weighted by Crippen LogP contribution is 2.35. The van der Waals surface area contributed by atoms with Crippen LogP contribution >= 0.6 is 0 Å². The van der Waals surface area contributed by atoms with Crippen LogP contribution in [0.25, 0.3) is 5.57 Å². The molecule has 1 aromatic rings. The molecule has 87 valence electrons. The molecule has 0 unspecified atom stereocenters. The number of nitrogens with zero attached hydrogens (tertiary/aromatic N) is 1. The van der Waals surface area contributed by atoms with E-state index in [1.165, 1.54) is 0 Å². The van der Waals surface area contributed by atoms with Crippen LogP contribution in [0.4, 0.5) is 5.69 Å². The molecule has 0 amide bonds. The van der Waals surface area contributed by atoms with Crippen LogP contribution in [0.1, 0.15) is 18.1 Å². The molecule has 0 N–H and O–H groups in total. The Morgan fingerprint density at radius 1 is 1.47 bits per heavy atom. The van der Waals surface area contributed by atoms with Crippen LogP contribution in [0, 0.1) is 6.92 Å². The van der Waals surface area contributed by atoms with E-state index in [0.717, 1.165) is 5.56 Å². The lowest BCUT2D eigenvalue weighted by Gasteiger charge is -2.02. The zero-order valence-electron chi connectivity index (χ0n) is 9.69. The molecule has 0 saturated heterocycles. The van der Waals surface area contributed by atoms with E-state index in [-0.39, 0.29) is 12.3 Å². The lowest BCUT2D eigenvalue weighted by molar-refractivity contribution is -0.134. The Labute approximate surface area is 99.3 Å². The van der Waals surface area contributed by atoms with Gasteiger partial charge in [0.25, 0.3) is 0 Å². The number of aliphatic imine (C=N–C) groups is 1. The fraction of sp³-hybridized carbons (Fsp3) is 0.231. The molecule has 4 heteroatoms. The zero-order chi connectivity index (χ0) is 12.4. The van der Waals surface area contributed by atoms with E-state index in [2.05, 4.69) is 4.99 Å². The molecule has 0 bridgehead atoms. The monoisotopic (exact) mass is 230 g/mol. The highest BCUT2D eigenvalue weighted by atomic mass is 16.5. The molecular formula is C13H12NO3. The van der Waals surface area contributed by atoms with Gasteiger partial charge in [-0.05, 0) is 26.0 Å². The van der Waals surface area contributed by atoms with Gasteiger partial charge in [-0.3, -0.25) is 5.11 Å². The summed E-state index contributed by atoms with van der Waals surface area (Å²) in [7, 11) is 0. The minimum Gasteiger partial charge on any atom is -0.461 e. The van der Waals surface area contributed by atoms with Gasteiger partial charge in [-0.25, -0.2) is 9.79 Å². The maximum absolute atomic E-state index is 11.6. The molecule has 1 heterocycles. The Bertz CT molecular complexity index is 529. The summed E-state index contributed by atoms with van der Waals surface area (Å²) >= 11 is 0. The molecule has 0 saturated carbocycles. The molecular weight excluding hydrogens is 218 g/mol. The standard InChI is InChI=1S/C13H12NO3/c1-3-17-13(16)12-10(7-15)9-6-8(2)4-5-11(9)14-12/h4-7H,3H2,1-2H3. The molecule has 17 heavy (non-hydrogen) atoms. The van der Waals surface area contributed by atoms with E-state index in [4.69, 9.17) is 4.74 Å². The Hall–Kier alpha value is -2.10. The Morgan fingerprint density at radius 3 is 2.88 bits per heavy atom. The predicted molar refractivity (Wildman–Crippen MR) is 63.6 cm³/mol. The van der Waals surface area contributed by atoms with Gasteiger partial charge in [0.05, 0.1) is 17.9 Å². The predicted octanol–water partition coefficient (Wildman–Crippen LogP) is 2.42. The fourth-order valence-corrected chi connectivity index (χ4v) is 1.75. The van der Waals surface area contributed by atoms with Crippen LogP contribution in [-0.4, -0.2) is 18.3 Å². The SMILES string of the molecule is CCOC(=O)C1=Nc2ccc(C)cc2C1=C[O]. The van der Waals surface area contributed by atoms with Crippen molar-refractivity contribution >= 4 is 22.9 Å². The van der Waals surface area contributed by atoms with E-state index in [1.807, 2.05) is 19.1 Å². The quantitative estimate of drug-likeness (QED) is 0.578. The van der Waals surface area contributed by atoms with Crippen molar-refractivity contribution in [2.24, 2.45) is 4.99 Å². The molecule has 0 aromatic heterocycles.